The number of methoxy groups -OCH3 is 1. The fourth-order valence-corrected chi connectivity index (χ4v) is 4.16. The first-order valence-corrected chi connectivity index (χ1v) is 10.9. The van der Waals surface area contributed by atoms with E-state index in [1.807, 2.05) is 36.4 Å². The maximum atomic E-state index is 12.5. The van der Waals surface area contributed by atoms with Crippen molar-refractivity contribution < 1.29 is 19.3 Å². The highest BCUT2D eigenvalue weighted by Gasteiger charge is 2.23. The Kier molecular flexibility index (Phi) is 6.97. The van der Waals surface area contributed by atoms with Crippen LogP contribution < -0.4 is 19.9 Å². The smallest absolute Gasteiger partial charge is 0.255 e. The molecule has 1 aliphatic rings. The van der Waals surface area contributed by atoms with Crippen molar-refractivity contribution in [3.05, 3.63) is 95.6 Å². The predicted octanol–water partition coefficient (Wildman–Crippen LogP) is 1.43. The van der Waals surface area contributed by atoms with Crippen LogP contribution in [0.1, 0.15) is 21.5 Å². The number of carbonyl (C=O) groups is 1. The summed E-state index contributed by atoms with van der Waals surface area (Å²) in [5.41, 5.74) is 4.09. The summed E-state index contributed by atoms with van der Waals surface area (Å²) in [5.74, 6) is 0.618. The Hall–Kier alpha value is -3.15. The van der Waals surface area contributed by atoms with E-state index in [-0.39, 0.29) is 5.91 Å². The molecule has 3 aromatic rings. The number of amides is 1. The third-order valence-corrected chi connectivity index (χ3v) is 5.96. The fraction of sp³-hybridized carbons (Fsp3) is 0.269. The molecule has 5 heteroatoms. The van der Waals surface area contributed by atoms with Crippen molar-refractivity contribution in [1.29, 1.82) is 0 Å². The fourth-order valence-electron chi connectivity index (χ4n) is 4.16. The van der Waals surface area contributed by atoms with Gasteiger partial charge in [-0.2, -0.15) is 0 Å². The molecule has 0 spiro atoms. The zero-order valence-electron chi connectivity index (χ0n) is 18.1. The van der Waals surface area contributed by atoms with Gasteiger partial charge in [-0.3, -0.25) is 4.79 Å². The number of ether oxygens (including phenoxy) is 1. The quantitative estimate of drug-likeness (QED) is 0.545. The molecule has 0 aliphatic carbocycles. The van der Waals surface area contributed by atoms with Crippen molar-refractivity contribution in [2.75, 3.05) is 38.6 Å². The molecule has 0 atom stereocenters. The van der Waals surface area contributed by atoms with Gasteiger partial charge < -0.3 is 19.9 Å². The predicted molar refractivity (Wildman–Crippen MR) is 123 cm³/mol. The van der Waals surface area contributed by atoms with Crippen LogP contribution in [-0.2, 0) is 13.1 Å². The van der Waals surface area contributed by atoms with Crippen molar-refractivity contribution in [3.8, 4) is 5.75 Å². The van der Waals surface area contributed by atoms with Gasteiger partial charge in [0.25, 0.3) is 5.91 Å². The van der Waals surface area contributed by atoms with Crippen molar-refractivity contribution in [2.45, 2.75) is 13.1 Å². The summed E-state index contributed by atoms with van der Waals surface area (Å²) in [5, 5.41) is 2.93. The second kappa shape index (κ2) is 10.2. The maximum absolute atomic E-state index is 12.5. The molecule has 5 nitrogen and oxygen atoms in total. The first kappa shape index (κ1) is 21.1. The molecule has 1 heterocycles. The summed E-state index contributed by atoms with van der Waals surface area (Å²) in [4.78, 5) is 15.8. The number of hydrogen-bond acceptors (Lipinski definition) is 2. The molecule has 0 aromatic heterocycles. The molecule has 0 unspecified atom stereocenters. The molecular formula is C26H31N3O2+2. The number of quaternary nitrogens is 2. The lowest BCUT2D eigenvalue weighted by atomic mass is 10.1. The summed E-state index contributed by atoms with van der Waals surface area (Å²) < 4.78 is 5.21. The number of nitrogens with one attached hydrogen (secondary N) is 3. The first-order chi connectivity index (χ1) is 15.2. The highest BCUT2D eigenvalue weighted by molar-refractivity contribution is 6.04. The van der Waals surface area contributed by atoms with Gasteiger partial charge in [-0.1, -0.05) is 48.5 Å². The van der Waals surface area contributed by atoms with Crippen LogP contribution in [0.2, 0.25) is 0 Å². The third-order valence-electron chi connectivity index (χ3n) is 5.96. The van der Waals surface area contributed by atoms with Gasteiger partial charge in [0.15, 0.2) is 0 Å². The van der Waals surface area contributed by atoms with Gasteiger partial charge in [0, 0.05) is 28.4 Å². The average molecular weight is 418 g/mol. The summed E-state index contributed by atoms with van der Waals surface area (Å²) >= 11 is 0. The van der Waals surface area contributed by atoms with Gasteiger partial charge in [0.05, 0.1) is 7.11 Å². The molecular weight excluding hydrogens is 386 g/mol. The van der Waals surface area contributed by atoms with E-state index in [0.29, 0.717) is 5.56 Å². The second-order valence-corrected chi connectivity index (χ2v) is 8.22. The van der Waals surface area contributed by atoms with E-state index < -0.39 is 0 Å². The lowest BCUT2D eigenvalue weighted by Gasteiger charge is -2.29. The van der Waals surface area contributed by atoms with Crippen molar-refractivity contribution in [1.82, 2.24) is 0 Å². The Balaban J connectivity index is 1.26. The Bertz CT molecular complexity index is 981. The Morgan fingerprint density at radius 1 is 0.806 bits per heavy atom. The topological polar surface area (TPSA) is 47.2 Å². The molecule has 160 valence electrons. The molecule has 1 saturated heterocycles. The molecule has 1 aliphatic heterocycles. The van der Waals surface area contributed by atoms with E-state index in [4.69, 9.17) is 4.74 Å². The maximum Gasteiger partial charge on any atom is 0.255 e. The van der Waals surface area contributed by atoms with Crippen LogP contribution in [0.3, 0.4) is 0 Å². The van der Waals surface area contributed by atoms with E-state index in [9.17, 15) is 4.79 Å². The lowest BCUT2D eigenvalue weighted by molar-refractivity contribution is -1.02. The van der Waals surface area contributed by atoms with E-state index in [2.05, 4.69) is 47.8 Å². The van der Waals surface area contributed by atoms with Crippen LogP contribution >= 0.6 is 0 Å². The van der Waals surface area contributed by atoms with E-state index in [1.54, 1.807) is 16.9 Å². The zero-order valence-corrected chi connectivity index (χ0v) is 18.1. The monoisotopic (exact) mass is 417 g/mol. The van der Waals surface area contributed by atoms with Crippen molar-refractivity contribution in [2.24, 2.45) is 0 Å². The van der Waals surface area contributed by atoms with Gasteiger partial charge in [-0.15, -0.1) is 0 Å². The van der Waals surface area contributed by atoms with Crippen LogP contribution in [0.25, 0.3) is 0 Å². The van der Waals surface area contributed by atoms with Gasteiger partial charge in [-0.25, -0.2) is 0 Å². The molecule has 31 heavy (non-hydrogen) atoms. The molecule has 3 aromatic carbocycles. The Morgan fingerprint density at radius 3 is 2.03 bits per heavy atom. The van der Waals surface area contributed by atoms with Crippen LogP contribution in [0.5, 0.6) is 5.75 Å². The molecule has 0 bridgehead atoms. The van der Waals surface area contributed by atoms with Gasteiger partial charge in [0.2, 0.25) is 0 Å². The molecule has 3 N–H and O–H groups in total. The lowest BCUT2D eigenvalue weighted by Crippen LogP contribution is -3.27. The van der Waals surface area contributed by atoms with Crippen molar-refractivity contribution in [3.63, 3.8) is 0 Å². The Labute approximate surface area is 184 Å². The van der Waals surface area contributed by atoms with Gasteiger partial charge in [0.1, 0.15) is 45.0 Å². The Morgan fingerprint density at radius 2 is 1.42 bits per heavy atom. The number of piperazine rings is 1. The minimum absolute atomic E-state index is 0.106. The van der Waals surface area contributed by atoms with E-state index >= 15 is 0 Å². The van der Waals surface area contributed by atoms with Gasteiger partial charge >= 0.3 is 0 Å². The van der Waals surface area contributed by atoms with Crippen LogP contribution in [0.4, 0.5) is 5.69 Å². The largest absolute Gasteiger partial charge is 0.497 e. The molecule has 0 radical (unpaired) electrons. The number of carbonyl (C=O) groups excluding carboxylic acids is 1. The highest BCUT2D eigenvalue weighted by atomic mass is 16.5. The van der Waals surface area contributed by atoms with Crippen LogP contribution in [-0.4, -0.2) is 39.2 Å². The molecule has 4 rings (SSSR count). The highest BCUT2D eigenvalue weighted by Crippen LogP contribution is 2.17. The van der Waals surface area contributed by atoms with Crippen LogP contribution in [0.15, 0.2) is 78.9 Å². The molecule has 0 saturated carbocycles. The third kappa shape index (κ3) is 5.94. The van der Waals surface area contributed by atoms with E-state index in [1.165, 1.54) is 37.3 Å². The van der Waals surface area contributed by atoms with Gasteiger partial charge in [-0.05, 0) is 24.3 Å². The summed E-state index contributed by atoms with van der Waals surface area (Å²) in [6.45, 7) is 6.89. The number of anilines is 1. The summed E-state index contributed by atoms with van der Waals surface area (Å²) in [7, 11) is 1.62. The second-order valence-electron chi connectivity index (χ2n) is 8.22. The first-order valence-electron chi connectivity index (χ1n) is 10.9. The summed E-state index contributed by atoms with van der Waals surface area (Å²) in [6, 6.07) is 26.2. The van der Waals surface area contributed by atoms with E-state index in [0.717, 1.165) is 24.5 Å². The number of hydrogen-bond donors (Lipinski definition) is 3. The molecule has 1 fully saturated rings. The molecule has 1 amide bonds. The standard InChI is InChI=1S/C26H29N3O2/c1-31-25-9-5-8-24(18-25)27-26(30)23-12-10-22(11-13-23)20-29-16-14-28(15-17-29)19-21-6-3-2-4-7-21/h2-13,18H,14-17,19-20H2,1H3,(H,27,30)/p+2. The summed E-state index contributed by atoms with van der Waals surface area (Å²) in [6.07, 6.45) is 0. The van der Waals surface area contributed by atoms with Crippen LogP contribution in [0, 0.1) is 0 Å². The number of benzene rings is 3. The van der Waals surface area contributed by atoms with Crippen molar-refractivity contribution >= 4 is 11.6 Å². The zero-order chi connectivity index (χ0) is 21.5. The minimum atomic E-state index is -0.106. The minimum Gasteiger partial charge on any atom is -0.497 e. The normalized spacial score (nSPS) is 18.4. The number of rotatable bonds is 7. The SMILES string of the molecule is COc1cccc(NC(=O)c2ccc(C[NH+]3CC[NH+](Cc4ccccc4)CC3)cc2)c1. The average Bonchev–Trinajstić information content (AvgIpc) is 2.81.